The number of hydrogen-bond donors (Lipinski definition) is 1. The number of nitrogens with one attached hydrogen (secondary N) is 1. The molecule has 6 aliphatic rings. The molecule has 0 spiro atoms. The molecule has 9 aromatic rings. The van der Waals surface area contributed by atoms with E-state index in [1.165, 1.54) is 81.8 Å². The lowest BCUT2D eigenvalue weighted by Gasteiger charge is -2.42. The van der Waals surface area contributed by atoms with E-state index in [2.05, 4.69) is 234 Å². The van der Waals surface area contributed by atoms with Crippen LogP contribution in [0.1, 0.15) is 75.7 Å². The van der Waals surface area contributed by atoms with E-state index in [9.17, 15) is 0 Å². The van der Waals surface area contributed by atoms with Crippen molar-refractivity contribution in [2.45, 2.75) is 43.2 Å². The summed E-state index contributed by atoms with van der Waals surface area (Å²) in [5, 5.41) is 15.1. The van der Waals surface area contributed by atoms with Crippen LogP contribution in [0.25, 0.3) is 67.1 Å². The lowest BCUT2D eigenvalue weighted by Crippen LogP contribution is -2.37. The Bertz CT molecular complexity index is 4110. The second-order valence-electron chi connectivity index (χ2n) is 20.2. The molecule has 4 nitrogen and oxygen atoms in total. The van der Waals surface area contributed by atoms with Gasteiger partial charge in [-0.05, 0) is 116 Å². The fraction of sp³-hybridized carbons (Fsp3) is 0.134. The Hall–Kier alpha value is -8.34. The minimum Gasteiger partial charge on any atom is -0.348 e. The smallest absolute Gasteiger partial charge is 0.159 e. The van der Waals surface area contributed by atoms with Gasteiger partial charge in [0.25, 0.3) is 0 Å². The predicted octanol–water partition coefficient (Wildman–Crippen LogP) is 14.0. The highest BCUT2D eigenvalue weighted by Gasteiger charge is 2.41. The number of aliphatic imine (C=N–C) groups is 2. The van der Waals surface area contributed by atoms with Crippen molar-refractivity contribution in [1.29, 1.82) is 0 Å². The summed E-state index contributed by atoms with van der Waals surface area (Å²) < 4.78 is 2.58. The van der Waals surface area contributed by atoms with Gasteiger partial charge in [0.1, 0.15) is 12.0 Å². The van der Waals surface area contributed by atoms with E-state index in [0.29, 0.717) is 17.8 Å². The summed E-state index contributed by atoms with van der Waals surface area (Å²) in [5.74, 6) is 3.07. The van der Waals surface area contributed by atoms with Crippen molar-refractivity contribution in [2.75, 3.05) is 0 Å². The maximum atomic E-state index is 5.60. The third-order valence-electron chi connectivity index (χ3n) is 16.5. The second kappa shape index (κ2) is 16.1. The van der Waals surface area contributed by atoms with Gasteiger partial charge in [0.15, 0.2) is 5.84 Å². The lowest BCUT2D eigenvalue weighted by molar-refractivity contribution is 0.462. The zero-order valence-electron chi connectivity index (χ0n) is 39.3. The second-order valence-corrected chi connectivity index (χ2v) is 20.2. The Labute approximate surface area is 413 Å². The summed E-state index contributed by atoms with van der Waals surface area (Å²) in [5.41, 5.74) is 13.2. The van der Waals surface area contributed by atoms with Gasteiger partial charge in [0, 0.05) is 50.8 Å². The molecule has 0 fully saturated rings. The van der Waals surface area contributed by atoms with E-state index >= 15 is 0 Å². The van der Waals surface area contributed by atoms with Gasteiger partial charge in [-0.15, -0.1) is 0 Å². The van der Waals surface area contributed by atoms with Crippen LogP contribution in [0.4, 0.5) is 0 Å². The number of allylic oxidation sites excluding steroid dienone is 8. The Morgan fingerprint density at radius 2 is 1.35 bits per heavy atom. The third kappa shape index (κ3) is 6.37. The maximum absolute atomic E-state index is 5.60. The Balaban J connectivity index is 0.944. The van der Waals surface area contributed by atoms with Crippen LogP contribution >= 0.6 is 0 Å². The van der Waals surface area contributed by atoms with Crippen LogP contribution in [0, 0.1) is 11.8 Å². The quantitative estimate of drug-likeness (QED) is 0.172. The molecule has 6 unspecified atom stereocenters. The van der Waals surface area contributed by atoms with Crippen LogP contribution in [-0.2, 0) is 6.42 Å². The van der Waals surface area contributed by atoms with Crippen molar-refractivity contribution in [1.82, 2.24) is 9.88 Å². The molecule has 2 heterocycles. The molecular formula is C67H50N4. The van der Waals surface area contributed by atoms with Crippen molar-refractivity contribution in [3.8, 4) is 5.69 Å². The molecule has 0 radical (unpaired) electrons. The standard InChI is InChI=1S/C67H50N4/c1-2-18-42(19-3-1)65-68-66(70-67(69-65)58-39-46-23-7-9-24-47(46)50-27-12-13-28-51(50)58)56-35-36-60(53-30-15-14-29-52(53)56)71-61-32-16-31-54(64(61)59-37-43-20-4-5-21-44(43)40-62(59)71)57-38-45-22-8-10-25-48(45)55-34-33-41-17-6-11-26-49(41)63(55)57/h1-18,21-37,39-40,42-43,55,57,63,67H,19-20,38H2,(H,68,69,70). The van der Waals surface area contributed by atoms with Gasteiger partial charge in [-0.3, -0.25) is 0 Å². The fourth-order valence-corrected chi connectivity index (χ4v) is 13.3. The molecule has 1 aliphatic heterocycles. The molecule has 71 heavy (non-hydrogen) atoms. The van der Waals surface area contributed by atoms with E-state index < -0.39 is 0 Å². The van der Waals surface area contributed by atoms with Gasteiger partial charge in [0.05, 0.1) is 16.6 Å². The first-order valence-electron chi connectivity index (χ1n) is 25.5. The third-order valence-corrected chi connectivity index (χ3v) is 16.5. The molecule has 0 saturated carbocycles. The first-order valence-corrected chi connectivity index (χ1v) is 25.5. The normalized spacial score (nSPS) is 22.6. The highest BCUT2D eigenvalue weighted by atomic mass is 15.2. The molecule has 1 aromatic heterocycles. The first-order chi connectivity index (χ1) is 35.2. The molecule has 8 aromatic carbocycles. The summed E-state index contributed by atoms with van der Waals surface area (Å²) >= 11 is 0. The minimum atomic E-state index is -0.336. The molecule has 6 atom stereocenters. The lowest BCUT2D eigenvalue weighted by atomic mass is 9.61. The largest absolute Gasteiger partial charge is 0.348 e. The highest BCUT2D eigenvalue weighted by Crippen LogP contribution is 2.54. The summed E-state index contributed by atoms with van der Waals surface area (Å²) in [7, 11) is 0. The number of fused-ring (bicyclic) bond motifs is 13. The highest BCUT2D eigenvalue weighted by molar-refractivity contribution is 6.17. The van der Waals surface area contributed by atoms with E-state index in [1.807, 2.05) is 0 Å². The van der Waals surface area contributed by atoms with Gasteiger partial charge in [-0.25, -0.2) is 9.98 Å². The summed E-state index contributed by atoms with van der Waals surface area (Å²) in [6, 6.07) is 58.9. The number of aromatic nitrogens is 1. The average Bonchev–Trinajstić information content (AvgIpc) is 3.76. The van der Waals surface area contributed by atoms with Crippen molar-refractivity contribution in [3.05, 3.63) is 261 Å². The number of hydrogen-bond acceptors (Lipinski definition) is 3. The fourth-order valence-electron chi connectivity index (χ4n) is 13.3. The van der Waals surface area contributed by atoms with Gasteiger partial charge in [-0.2, -0.15) is 0 Å². The van der Waals surface area contributed by atoms with E-state index in [1.54, 1.807) is 0 Å². The number of amidine groups is 2. The van der Waals surface area contributed by atoms with E-state index in [4.69, 9.17) is 9.98 Å². The predicted molar refractivity (Wildman–Crippen MR) is 296 cm³/mol. The van der Waals surface area contributed by atoms with Crippen molar-refractivity contribution in [3.63, 3.8) is 0 Å². The molecule has 338 valence electrons. The van der Waals surface area contributed by atoms with Gasteiger partial charge in [0.2, 0.25) is 0 Å². The van der Waals surface area contributed by atoms with Crippen LogP contribution < -0.4 is 15.9 Å². The van der Waals surface area contributed by atoms with Gasteiger partial charge >= 0.3 is 0 Å². The zero-order valence-corrected chi connectivity index (χ0v) is 39.3. The SMILES string of the molecule is C1=CCC2C=c3c(n(-c4ccc(C5=NC(c6cc7ccccc7c7ccccc67)NC(C6C=CC=CC6)=N5)c5ccccc45)c4cccc(C5Cc6ccccc6C6C=Cc7ccccc7C65)c34)=CC2=C1. The van der Waals surface area contributed by atoms with Crippen LogP contribution in [-0.4, -0.2) is 16.2 Å². The van der Waals surface area contributed by atoms with Gasteiger partial charge in [-0.1, -0.05) is 194 Å². The van der Waals surface area contributed by atoms with Crippen molar-refractivity contribution in [2.24, 2.45) is 21.8 Å². The molecule has 0 saturated heterocycles. The zero-order chi connectivity index (χ0) is 46.6. The van der Waals surface area contributed by atoms with Gasteiger partial charge < -0.3 is 9.88 Å². The molecule has 15 rings (SSSR count). The maximum Gasteiger partial charge on any atom is 0.159 e. The molecule has 5 aliphatic carbocycles. The van der Waals surface area contributed by atoms with E-state index in [-0.39, 0.29) is 18.0 Å². The number of benzene rings is 8. The first kappa shape index (κ1) is 40.5. The average molecular weight is 911 g/mol. The molecule has 0 amide bonds. The number of nitrogens with zero attached hydrogens (tertiary/aromatic N) is 3. The summed E-state index contributed by atoms with van der Waals surface area (Å²) in [6.07, 6.45) is 28.2. The minimum absolute atomic E-state index is 0.114. The molecule has 4 heteroatoms. The topological polar surface area (TPSA) is 41.7 Å². The van der Waals surface area contributed by atoms with Crippen LogP contribution in [0.3, 0.4) is 0 Å². The summed E-state index contributed by atoms with van der Waals surface area (Å²) in [4.78, 5) is 11.1. The number of rotatable bonds is 5. The van der Waals surface area contributed by atoms with Crippen LogP contribution in [0.2, 0.25) is 0 Å². The molecular weight excluding hydrogens is 861 g/mol. The molecule has 1 N–H and O–H groups in total. The van der Waals surface area contributed by atoms with Crippen LogP contribution in [0.5, 0.6) is 0 Å². The van der Waals surface area contributed by atoms with Crippen molar-refractivity contribution >= 4 is 73.1 Å². The van der Waals surface area contributed by atoms with E-state index in [0.717, 1.165) is 53.1 Å². The Kier molecular flexibility index (Phi) is 9.20. The van der Waals surface area contributed by atoms with Crippen LogP contribution in [0.15, 0.2) is 222 Å². The molecule has 0 bridgehead atoms. The Morgan fingerprint density at radius 3 is 2.25 bits per heavy atom. The monoisotopic (exact) mass is 910 g/mol. The Morgan fingerprint density at radius 1 is 0.592 bits per heavy atom. The van der Waals surface area contributed by atoms with Crippen molar-refractivity contribution < 1.29 is 0 Å². The summed E-state index contributed by atoms with van der Waals surface area (Å²) in [6.45, 7) is 0.